The molecule has 0 aromatic carbocycles. The second kappa shape index (κ2) is 17.3. The van der Waals surface area contributed by atoms with Crippen LogP contribution in [0.1, 0.15) is 92.4 Å². The minimum atomic E-state index is -1.76. The third-order valence-corrected chi connectivity index (χ3v) is 7.74. The summed E-state index contributed by atoms with van der Waals surface area (Å²) in [6.07, 6.45) is -2.31. The Morgan fingerprint density at radius 1 is 0.673 bits per heavy atom. The lowest BCUT2D eigenvalue weighted by Crippen LogP contribution is -2.52. The van der Waals surface area contributed by atoms with E-state index in [-0.39, 0.29) is 51.4 Å². The molecule has 0 bridgehead atoms. The molecule has 0 radical (unpaired) electrons. The first-order chi connectivity index (χ1) is 22.5. The molecule has 2 heterocycles. The van der Waals surface area contributed by atoms with Gasteiger partial charge in [-0.05, 0) is 47.5 Å². The highest BCUT2D eigenvalue weighted by Gasteiger charge is 2.42. The maximum absolute atomic E-state index is 13.7. The number of halogens is 2. The normalized spacial score (nSPS) is 16.0. The number of imide groups is 2. The van der Waals surface area contributed by atoms with E-state index in [9.17, 15) is 47.9 Å². The maximum atomic E-state index is 13.7. The molecule has 17 nitrogen and oxygen atoms in total. The molecule has 0 saturated carbocycles. The number of carbonyl (C=O) groups is 10. The Bertz CT molecular complexity index is 1320. The van der Waals surface area contributed by atoms with Crippen molar-refractivity contribution in [1.29, 1.82) is 0 Å². The Morgan fingerprint density at radius 3 is 1.45 bits per heavy atom. The third-order valence-electron chi connectivity index (χ3n) is 7.10. The molecule has 1 N–H and O–H groups in total. The molecule has 2 saturated heterocycles. The van der Waals surface area contributed by atoms with Gasteiger partial charge in [0.15, 0.2) is 5.78 Å². The van der Waals surface area contributed by atoms with Crippen LogP contribution in [0.15, 0.2) is 0 Å². The first kappa shape index (κ1) is 41.4. The van der Waals surface area contributed by atoms with E-state index in [2.05, 4.69) is 37.2 Å². The van der Waals surface area contributed by atoms with Crippen molar-refractivity contribution >= 4 is 91.1 Å². The van der Waals surface area contributed by atoms with E-state index in [1.54, 1.807) is 0 Å². The highest BCUT2D eigenvalue weighted by molar-refractivity contribution is 9.10. The predicted octanol–water partition coefficient (Wildman–Crippen LogP) is 1.64. The Kier molecular flexibility index (Phi) is 14.6. The summed E-state index contributed by atoms with van der Waals surface area (Å²) in [5, 5.41) is 3.19. The van der Waals surface area contributed by atoms with Gasteiger partial charge >= 0.3 is 23.9 Å². The number of carbonyl (C=O) groups excluding carboxylic acids is 10. The van der Waals surface area contributed by atoms with Crippen molar-refractivity contribution in [3.8, 4) is 0 Å². The highest BCUT2D eigenvalue weighted by atomic mass is 79.9. The van der Waals surface area contributed by atoms with Crippen molar-refractivity contribution in [2.45, 2.75) is 107 Å². The number of hydrogen-bond acceptors (Lipinski definition) is 14. The van der Waals surface area contributed by atoms with Crippen LogP contribution in [0.4, 0.5) is 0 Å². The number of ketones is 1. The lowest BCUT2D eigenvalue weighted by atomic mass is 9.90. The Balaban J connectivity index is 2.20. The number of Topliss-reactive ketones (excluding diaryl/α,β-unsaturated/α-hetero) is 1. The number of amides is 5. The summed E-state index contributed by atoms with van der Waals surface area (Å²) in [6.45, 7) is 6.17. The van der Waals surface area contributed by atoms with Crippen LogP contribution in [0.2, 0.25) is 0 Å². The standard InChI is InChI=1S/C30H39Br2N3O14/c1-28(2,31)26(44)46-15-30(5,16-47-27(45)29(3,4)32)25(43)33-17(9-14-24(42)49-35-21(39)12-13-22(35)40)18(36)7-6-8-23(41)48-34-19(37)10-11-20(34)38/h17H,6-16H2,1-5H3,(H,33,43). The maximum Gasteiger partial charge on any atom is 0.333 e. The number of alkyl halides is 2. The van der Waals surface area contributed by atoms with Crippen molar-refractivity contribution in [2.24, 2.45) is 5.41 Å². The summed E-state index contributed by atoms with van der Waals surface area (Å²) in [5.74, 6) is -7.88. The van der Waals surface area contributed by atoms with Gasteiger partial charge in [0.25, 0.3) is 23.6 Å². The lowest BCUT2D eigenvalue weighted by Gasteiger charge is -2.31. The molecule has 5 amide bonds. The molecule has 49 heavy (non-hydrogen) atoms. The van der Waals surface area contributed by atoms with Gasteiger partial charge < -0.3 is 24.5 Å². The summed E-state index contributed by atoms with van der Waals surface area (Å²) < 4.78 is 8.38. The lowest BCUT2D eigenvalue weighted by molar-refractivity contribution is -0.197. The van der Waals surface area contributed by atoms with Crippen molar-refractivity contribution < 1.29 is 67.1 Å². The number of nitrogens with zero attached hydrogens (tertiary/aromatic N) is 2. The van der Waals surface area contributed by atoms with Crippen molar-refractivity contribution in [1.82, 2.24) is 15.4 Å². The zero-order valence-corrected chi connectivity index (χ0v) is 30.9. The molecule has 1 unspecified atom stereocenters. The first-order valence-electron chi connectivity index (χ1n) is 15.2. The molecule has 272 valence electrons. The van der Waals surface area contributed by atoms with Gasteiger partial charge in [0, 0.05) is 38.5 Å². The van der Waals surface area contributed by atoms with Gasteiger partial charge in [0.05, 0.1) is 12.5 Å². The van der Waals surface area contributed by atoms with Gasteiger partial charge in [-0.1, -0.05) is 31.9 Å². The number of nitrogens with one attached hydrogen (secondary N) is 1. The average Bonchev–Trinajstić information content (AvgIpc) is 3.49. The van der Waals surface area contributed by atoms with Crippen LogP contribution < -0.4 is 5.32 Å². The van der Waals surface area contributed by atoms with E-state index >= 15 is 0 Å². The van der Waals surface area contributed by atoms with E-state index in [0.717, 1.165) is 0 Å². The van der Waals surface area contributed by atoms with E-state index in [1.165, 1.54) is 34.6 Å². The van der Waals surface area contributed by atoms with E-state index in [1.807, 2.05) is 0 Å². The van der Waals surface area contributed by atoms with E-state index in [0.29, 0.717) is 10.1 Å². The molecule has 1 atom stereocenters. The van der Waals surface area contributed by atoms with Crippen LogP contribution in [-0.2, 0) is 67.1 Å². The summed E-state index contributed by atoms with van der Waals surface area (Å²) in [4.78, 5) is 134. The van der Waals surface area contributed by atoms with E-state index in [4.69, 9.17) is 19.1 Å². The number of hydroxylamine groups is 4. The van der Waals surface area contributed by atoms with Gasteiger partial charge in [-0.25, -0.2) is 9.59 Å². The number of esters is 2. The van der Waals surface area contributed by atoms with Gasteiger partial charge in [-0.3, -0.25) is 38.4 Å². The van der Waals surface area contributed by atoms with Crippen molar-refractivity contribution in [2.75, 3.05) is 13.2 Å². The quantitative estimate of drug-likeness (QED) is 0.118. The summed E-state index contributed by atoms with van der Waals surface area (Å²) in [7, 11) is 0. The van der Waals surface area contributed by atoms with Crippen LogP contribution in [0.25, 0.3) is 0 Å². The molecule has 0 spiro atoms. The molecule has 2 aliphatic heterocycles. The highest BCUT2D eigenvalue weighted by Crippen LogP contribution is 2.26. The van der Waals surface area contributed by atoms with Crippen LogP contribution in [0.3, 0.4) is 0 Å². The minimum Gasteiger partial charge on any atom is -0.463 e. The molecule has 0 aromatic rings. The van der Waals surface area contributed by atoms with Crippen molar-refractivity contribution in [3.05, 3.63) is 0 Å². The van der Waals surface area contributed by atoms with Gasteiger partial charge in [-0.2, -0.15) is 0 Å². The zero-order valence-electron chi connectivity index (χ0n) is 27.7. The Morgan fingerprint density at radius 2 is 1.06 bits per heavy atom. The minimum absolute atomic E-state index is 0.104. The molecule has 0 aliphatic carbocycles. The Labute approximate surface area is 298 Å². The Hall–Kier alpha value is -3.74. The van der Waals surface area contributed by atoms with Crippen LogP contribution in [-0.4, -0.2) is 97.2 Å². The number of rotatable bonds is 18. The topological polar surface area (TPSA) is 226 Å². The van der Waals surface area contributed by atoms with Gasteiger partial charge in [0.1, 0.15) is 27.3 Å². The fourth-order valence-corrected chi connectivity index (χ4v) is 4.29. The molecule has 19 heteroatoms. The van der Waals surface area contributed by atoms with Crippen LogP contribution >= 0.6 is 31.9 Å². The van der Waals surface area contributed by atoms with Crippen LogP contribution in [0.5, 0.6) is 0 Å². The number of hydrogen-bond donors (Lipinski definition) is 1. The molecular weight excluding hydrogens is 786 g/mol. The van der Waals surface area contributed by atoms with Gasteiger partial charge in [0.2, 0.25) is 5.91 Å². The first-order valence-corrected chi connectivity index (χ1v) is 16.8. The van der Waals surface area contributed by atoms with E-state index < -0.39 is 98.9 Å². The SMILES string of the molecule is CC(C)(Br)C(=O)OCC(C)(COC(=O)C(C)(C)Br)C(=O)NC(CCC(=O)ON1C(=O)CCC1=O)C(=O)CCCC(=O)ON1C(=O)CCC1=O. The molecule has 2 aliphatic rings. The van der Waals surface area contributed by atoms with Crippen LogP contribution in [0, 0.1) is 5.41 Å². The fourth-order valence-electron chi connectivity index (χ4n) is 4.07. The predicted molar refractivity (Wildman–Crippen MR) is 170 cm³/mol. The van der Waals surface area contributed by atoms with Gasteiger partial charge in [-0.15, -0.1) is 10.1 Å². The smallest absolute Gasteiger partial charge is 0.333 e. The second-order valence-corrected chi connectivity index (χ2v) is 16.6. The second-order valence-electron chi connectivity index (χ2n) is 12.6. The monoisotopic (exact) mass is 823 g/mol. The molecular formula is C30H39Br2N3O14. The number of ether oxygens (including phenoxy) is 2. The van der Waals surface area contributed by atoms with Crippen molar-refractivity contribution in [3.63, 3.8) is 0 Å². The largest absolute Gasteiger partial charge is 0.463 e. The third kappa shape index (κ3) is 12.6. The molecule has 2 fully saturated rings. The molecule has 2 rings (SSSR count). The summed E-state index contributed by atoms with van der Waals surface area (Å²) in [5.41, 5.74) is -1.76. The summed E-state index contributed by atoms with van der Waals surface area (Å²) >= 11 is 6.33. The summed E-state index contributed by atoms with van der Waals surface area (Å²) in [6, 6.07) is -1.42. The molecule has 0 aromatic heterocycles. The zero-order chi connectivity index (χ0) is 37.3. The fraction of sp³-hybridized carbons (Fsp3) is 0.667. The average molecular weight is 825 g/mol.